The van der Waals surface area contributed by atoms with Crippen LogP contribution in [0.15, 0.2) is 67.0 Å². The maximum atomic E-state index is 15.1. The fourth-order valence-electron chi connectivity index (χ4n) is 4.30. The van der Waals surface area contributed by atoms with Gasteiger partial charge in [-0.25, -0.2) is 19.2 Å². The molecule has 1 amide bonds. The first-order valence-electron chi connectivity index (χ1n) is 12.5. The number of carbonyl (C=O) groups excluding carboxylic acids is 1. The van der Waals surface area contributed by atoms with Crippen molar-refractivity contribution in [2.24, 2.45) is 0 Å². The van der Waals surface area contributed by atoms with Crippen LogP contribution in [0.1, 0.15) is 38.3 Å². The summed E-state index contributed by atoms with van der Waals surface area (Å²) in [6.45, 7) is 6.88. The van der Waals surface area contributed by atoms with Crippen LogP contribution in [0.5, 0.6) is 0 Å². The third kappa shape index (κ3) is 7.09. The molecule has 0 bridgehead atoms. The van der Waals surface area contributed by atoms with Crippen molar-refractivity contribution in [3.05, 3.63) is 78.1 Å². The molecule has 1 saturated heterocycles. The molecule has 1 aromatic heterocycles. The number of anilines is 3. The molecule has 8 nitrogen and oxygen atoms in total. The summed E-state index contributed by atoms with van der Waals surface area (Å²) in [6.07, 6.45) is 0.0375. The first kappa shape index (κ1) is 26.2. The van der Waals surface area contributed by atoms with Crippen LogP contribution in [0.4, 0.5) is 26.5 Å². The SMILES string of the molecule is CC(C)(C)OC(=O)N1CC[C@@H](Nc2ncnc(N(Cc3ccccc3)Cc3ccccc3)c2N)[C@@H](F)C1. The van der Waals surface area contributed by atoms with Gasteiger partial charge in [0.25, 0.3) is 0 Å². The number of amides is 1. The predicted octanol–water partition coefficient (Wildman–Crippen LogP) is 5.03. The molecule has 2 aromatic carbocycles. The lowest BCUT2D eigenvalue weighted by atomic mass is 10.0. The van der Waals surface area contributed by atoms with Crippen LogP contribution in [0, 0.1) is 0 Å². The molecule has 0 saturated carbocycles. The van der Waals surface area contributed by atoms with E-state index in [2.05, 4.69) is 44.5 Å². The topological polar surface area (TPSA) is 96.6 Å². The van der Waals surface area contributed by atoms with Crippen molar-refractivity contribution in [2.45, 2.75) is 58.1 Å². The number of ether oxygens (including phenoxy) is 1. The Hall–Kier alpha value is -3.88. The minimum absolute atomic E-state index is 0.0570. The molecule has 3 N–H and O–H groups in total. The van der Waals surface area contributed by atoms with Gasteiger partial charge in [0.1, 0.15) is 23.8 Å². The first-order valence-corrected chi connectivity index (χ1v) is 12.5. The number of hydrogen-bond donors (Lipinski definition) is 2. The van der Waals surface area contributed by atoms with Gasteiger partial charge in [-0.05, 0) is 38.3 Å². The van der Waals surface area contributed by atoms with Gasteiger partial charge < -0.3 is 25.6 Å². The van der Waals surface area contributed by atoms with Gasteiger partial charge in [-0.15, -0.1) is 0 Å². The Morgan fingerprint density at radius 3 is 2.22 bits per heavy atom. The number of likely N-dealkylation sites (tertiary alicyclic amines) is 1. The van der Waals surface area contributed by atoms with E-state index in [1.54, 1.807) is 20.8 Å². The summed E-state index contributed by atoms with van der Waals surface area (Å²) in [6, 6.07) is 19.6. The molecule has 1 aliphatic heterocycles. The molecule has 4 rings (SSSR count). The molecular weight excluding hydrogens is 471 g/mol. The summed E-state index contributed by atoms with van der Waals surface area (Å²) in [5.41, 5.74) is 8.52. The normalized spacial score (nSPS) is 17.8. The highest BCUT2D eigenvalue weighted by Gasteiger charge is 2.34. The Bertz CT molecular complexity index is 1130. The number of nitrogens with two attached hydrogens (primary N) is 1. The summed E-state index contributed by atoms with van der Waals surface area (Å²) >= 11 is 0. The van der Waals surface area contributed by atoms with Gasteiger partial charge >= 0.3 is 6.09 Å². The molecule has 2 atom stereocenters. The summed E-state index contributed by atoms with van der Waals surface area (Å²) in [5, 5.41) is 3.17. The Balaban J connectivity index is 1.50. The quantitative estimate of drug-likeness (QED) is 0.464. The summed E-state index contributed by atoms with van der Waals surface area (Å²) in [7, 11) is 0. The van der Waals surface area contributed by atoms with Crippen LogP contribution in [-0.2, 0) is 17.8 Å². The third-order valence-corrected chi connectivity index (χ3v) is 6.11. The van der Waals surface area contributed by atoms with E-state index in [9.17, 15) is 4.79 Å². The van der Waals surface area contributed by atoms with E-state index >= 15 is 4.39 Å². The molecule has 1 fully saturated rings. The molecular formula is C28H35FN6O2. The lowest BCUT2D eigenvalue weighted by molar-refractivity contribution is 0.0125. The summed E-state index contributed by atoms with van der Waals surface area (Å²) in [4.78, 5) is 24.7. The van der Waals surface area contributed by atoms with E-state index < -0.39 is 23.9 Å². The number of rotatable bonds is 7. The predicted molar refractivity (Wildman–Crippen MR) is 144 cm³/mol. The van der Waals surface area contributed by atoms with E-state index in [0.29, 0.717) is 43.4 Å². The number of hydrogen-bond acceptors (Lipinski definition) is 7. The number of carbonyl (C=O) groups is 1. The highest BCUT2D eigenvalue weighted by molar-refractivity contribution is 5.75. The molecule has 0 aliphatic carbocycles. The van der Waals surface area contributed by atoms with E-state index in [1.165, 1.54) is 11.2 Å². The molecule has 0 spiro atoms. The van der Waals surface area contributed by atoms with Gasteiger partial charge in [-0.1, -0.05) is 60.7 Å². The van der Waals surface area contributed by atoms with Crippen LogP contribution in [-0.4, -0.2) is 51.9 Å². The van der Waals surface area contributed by atoms with Gasteiger partial charge in [0.15, 0.2) is 11.6 Å². The number of benzene rings is 2. The fourth-order valence-corrected chi connectivity index (χ4v) is 4.30. The van der Waals surface area contributed by atoms with Crippen molar-refractivity contribution in [3.8, 4) is 0 Å². The second-order valence-electron chi connectivity index (χ2n) is 10.3. The third-order valence-electron chi connectivity index (χ3n) is 6.11. The lowest BCUT2D eigenvalue weighted by Crippen LogP contribution is -2.51. The molecule has 9 heteroatoms. The van der Waals surface area contributed by atoms with Crippen molar-refractivity contribution in [2.75, 3.05) is 29.0 Å². The molecule has 3 aromatic rings. The van der Waals surface area contributed by atoms with E-state index in [4.69, 9.17) is 10.5 Å². The maximum absolute atomic E-state index is 15.1. The minimum Gasteiger partial charge on any atom is -0.444 e. The van der Waals surface area contributed by atoms with E-state index in [-0.39, 0.29) is 6.54 Å². The van der Waals surface area contributed by atoms with Crippen LogP contribution in [0.2, 0.25) is 0 Å². The van der Waals surface area contributed by atoms with E-state index in [1.807, 2.05) is 36.4 Å². The second kappa shape index (κ2) is 11.5. The number of alkyl halides is 1. The Labute approximate surface area is 217 Å². The number of nitrogen functional groups attached to an aromatic ring is 1. The average Bonchev–Trinajstić information content (AvgIpc) is 2.86. The molecule has 0 unspecified atom stereocenters. The molecule has 37 heavy (non-hydrogen) atoms. The molecule has 0 radical (unpaired) electrons. The van der Waals surface area contributed by atoms with Crippen molar-refractivity contribution < 1.29 is 13.9 Å². The zero-order chi connectivity index (χ0) is 26.4. The zero-order valence-corrected chi connectivity index (χ0v) is 21.6. The van der Waals surface area contributed by atoms with Crippen molar-refractivity contribution in [3.63, 3.8) is 0 Å². The highest BCUT2D eigenvalue weighted by atomic mass is 19.1. The highest BCUT2D eigenvalue weighted by Crippen LogP contribution is 2.31. The van der Waals surface area contributed by atoms with Gasteiger partial charge in [0, 0.05) is 19.6 Å². The Kier molecular flexibility index (Phi) is 8.11. The van der Waals surface area contributed by atoms with Crippen molar-refractivity contribution in [1.29, 1.82) is 0 Å². The second-order valence-corrected chi connectivity index (χ2v) is 10.3. The van der Waals surface area contributed by atoms with Gasteiger partial charge in [-0.3, -0.25) is 0 Å². The Morgan fingerprint density at radius 2 is 1.68 bits per heavy atom. The maximum Gasteiger partial charge on any atom is 0.410 e. The van der Waals surface area contributed by atoms with Crippen LogP contribution < -0.4 is 16.0 Å². The van der Waals surface area contributed by atoms with Crippen LogP contribution in [0.25, 0.3) is 0 Å². The lowest BCUT2D eigenvalue weighted by Gasteiger charge is -2.36. The summed E-state index contributed by atoms with van der Waals surface area (Å²) in [5.74, 6) is 0.960. The Morgan fingerprint density at radius 1 is 1.08 bits per heavy atom. The fraction of sp³-hybridized carbons (Fsp3) is 0.393. The van der Waals surface area contributed by atoms with Crippen LogP contribution in [0.3, 0.4) is 0 Å². The van der Waals surface area contributed by atoms with Gasteiger partial charge in [0.05, 0.1) is 12.6 Å². The molecule has 2 heterocycles. The van der Waals surface area contributed by atoms with Gasteiger partial charge in [0.2, 0.25) is 0 Å². The average molecular weight is 507 g/mol. The standard InChI is InChI=1S/C28H35FN6O2/c1-28(2,3)37-27(36)34-15-14-23(22(29)18-34)33-25-24(30)26(32-19-31-25)35(16-20-10-6-4-7-11-20)17-21-12-8-5-9-13-21/h4-13,19,22-23H,14-18,30H2,1-3H3,(H,31,32,33)/t22-,23+/m0/s1. The van der Waals surface area contributed by atoms with Crippen molar-refractivity contribution >= 4 is 23.4 Å². The van der Waals surface area contributed by atoms with Gasteiger partial charge in [-0.2, -0.15) is 0 Å². The van der Waals surface area contributed by atoms with E-state index in [0.717, 1.165) is 11.1 Å². The number of nitrogens with zero attached hydrogens (tertiary/aromatic N) is 4. The zero-order valence-electron chi connectivity index (χ0n) is 21.6. The minimum atomic E-state index is -1.30. The van der Waals surface area contributed by atoms with Crippen LogP contribution >= 0.6 is 0 Å². The number of piperidine rings is 1. The first-order chi connectivity index (χ1) is 17.7. The molecule has 196 valence electrons. The number of halogens is 1. The number of aromatic nitrogens is 2. The van der Waals surface area contributed by atoms with Crippen molar-refractivity contribution in [1.82, 2.24) is 14.9 Å². The number of nitrogens with one attached hydrogen (secondary N) is 1. The monoisotopic (exact) mass is 506 g/mol. The largest absolute Gasteiger partial charge is 0.444 e. The summed E-state index contributed by atoms with van der Waals surface area (Å²) < 4.78 is 20.5. The smallest absolute Gasteiger partial charge is 0.410 e. The molecule has 1 aliphatic rings.